The Morgan fingerprint density at radius 1 is 1.14 bits per heavy atom. The van der Waals surface area contributed by atoms with Crippen LogP contribution in [0, 0.1) is 5.92 Å². The van der Waals surface area contributed by atoms with Gasteiger partial charge in [0.25, 0.3) is 0 Å². The summed E-state index contributed by atoms with van der Waals surface area (Å²) < 4.78 is 5.71. The molecule has 29 heavy (non-hydrogen) atoms. The molecule has 3 heterocycles. The Hall–Kier alpha value is -1.59. The Morgan fingerprint density at radius 2 is 1.90 bits per heavy atom. The minimum absolute atomic E-state index is 0.207. The van der Waals surface area contributed by atoms with Crippen molar-refractivity contribution in [3.63, 3.8) is 0 Å². The molecule has 3 fully saturated rings. The zero-order chi connectivity index (χ0) is 19.9. The monoisotopic (exact) mass is 398 g/mol. The van der Waals surface area contributed by atoms with Crippen molar-refractivity contribution < 1.29 is 4.74 Å². The third kappa shape index (κ3) is 5.13. The average Bonchev–Trinajstić information content (AvgIpc) is 3.45. The molecule has 3 aliphatic rings. The highest BCUT2D eigenvalue weighted by molar-refractivity contribution is 5.80. The van der Waals surface area contributed by atoms with Crippen LogP contribution in [0.25, 0.3) is 0 Å². The smallest absolute Gasteiger partial charge is 0.193 e. The third-order valence-electron chi connectivity index (χ3n) is 7.01. The van der Waals surface area contributed by atoms with Crippen LogP contribution >= 0.6 is 0 Å². The van der Waals surface area contributed by atoms with Gasteiger partial charge in [-0.05, 0) is 70.0 Å². The minimum Gasteiger partial charge on any atom is -0.381 e. The van der Waals surface area contributed by atoms with Crippen LogP contribution in [0.3, 0.4) is 0 Å². The van der Waals surface area contributed by atoms with E-state index in [1.165, 1.54) is 44.3 Å². The molecule has 5 nitrogen and oxygen atoms in total. The van der Waals surface area contributed by atoms with Crippen LogP contribution in [0.5, 0.6) is 0 Å². The standard InChI is InChI=1S/C24H38N4O/c1-2-25-23(27-15-10-22(19-27)18-21-8-4-3-5-9-21)26-20-24(11-16-29-17-12-24)28-13-6-7-14-28/h3-5,8-9,22H,2,6-7,10-20H2,1H3,(H,25,26). The van der Waals surface area contributed by atoms with Gasteiger partial charge in [-0.15, -0.1) is 0 Å². The number of nitrogens with zero attached hydrogens (tertiary/aromatic N) is 3. The summed E-state index contributed by atoms with van der Waals surface area (Å²) in [6, 6.07) is 10.9. The summed E-state index contributed by atoms with van der Waals surface area (Å²) in [5.41, 5.74) is 1.66. The van der Waals surface area contributed by atoms with E-state index >= 15 is 0 Å². The van der Waals surface area contributed by atoms with Gasteiger partial charge in [-0.1, -0.05) is 30.3 Å². The Bertz CT molecular complexity index is 650. The van der Waals surface area contributed by atoms with Gasteiger partial charge in [0.1, 0.15) is 0 Å². The lowest BCUT2D eigenvalue weighted by molar-refractivity contribution is -0.0139. The molecule has 0 bridgehead atoms. The molecule has 0 aromatic heterocycles. The number of rotatable bonds is 6. The lowest BCUT2D eigenvalue weighted by Gasteiger charge is -2.43. The van der Waals surface area contributed by atoms with Gasteiger partial charge >= 0.3 is 0 Å². The number of hydrogen-bond donors (Lipinski definition) is 1. The van der Waals surface area contributed by atoms with Gasteiger partial charge in [-0.2, -0.15) is 0 Å². The molecule has 1 aromatic carbocycles. The second kappa shape index (κ2) is 9.94. The predicted molar refractivity (Wildman–Crippen MR) is 119 cm³/mol. The Kier molecular flexibility index (Phi) is 7.09. The number of hydrogen-bond acceptors (Lipinski definition) is 3. The molecule has 0 saturated carbocycles. The number of guanidine groups is 1. The van der Waals surface area contributed by atoms with Crippen LogP contribution in [-0.4, -0.2) is 73.8 Å². The van der Waals surface area contributed by atoms with Crippen molar-refractivity contribution in [1.29, 1.82) is 0 Å². The van der Waals surface area contributed by atoms with E-state index in [1.807, 2.05) is 0 Å². The molecule has 5 heteroatoms. The molecule has 160 valence electrons. The zero-order valence-electron chi connectivity index (χ0n) is 18.1. The largest absolute Gasteiger partial charge is 0.381 e. The van der Waals surface area contributed by atoms with Crippen LogP contribution in [0.1, 0.15) is 44.6 Å². The molecule has 4 rings (SSSR count). The average molecular weight is 399 g/mol. The molecule has 1 aromatic rings. The molecule has 0 aliphatic carbocycles. The Balaban J connectivity index is 1.41. The van der Waals surface area contributed by atoms with E-state index in [-0.39, 0.29) is 5.54 Å². The van der Waals surface area contributed by atoms with Crippen LogP contribution in [0.2, 0.25) is 0 Å². The van der Waals surface area contributed by atoms with E-state index < -0.39 is 0 Å². The van der Waals surface area contributed by atoms with E-state index in [0.717, 1.165) is 64.1 Å². The first kappa shape index (κ1) is 20.7. The maximum atomic E-state index is 5.71. The van der Waals surface area contributed by atoms with Gasteiger partial charge < -0.3 is 15.0 Å². The van der Waals surface area contributed by atoms with Gasteiger partial charge in [0.15, 0.2) is 5.96 Å². The summed E-state index contributed by atoms with van der Waals surface area (Å²) in [5, 5.41) is 3.58. The second-order valence-electron chi connectivity index (χ2n) is 8.99. The minimum atomic E-state index is 0.207. The number of ether oxygens (including phenoxy) is 1. The van der Waals surface area contributed by atoms with Crippen LogP contribution in [0.4, 0.5) is 0 Å². The summed E-state index contributed by atoms with van der Waals surface area (Å²) in [7, 11) is 0. The first-order valence-corrected chi connectivity index (χ1v) is 11.7. The third-order valence-corrected chi connectivity index (χ3v) is 7.01. The quantitative estimate of drug-likeness (QED) is 0.590. The molecule has 3 saturated heterocycles. The molecule has 1 unspecified atom stereocenters. The number of benzene rings is 1. The molecule has 1 atom stereocenters. The van der Waals surface area contributed by atoms with Crippen molar-refractivity contribution in [2.75, 3.05) is 52.5 Å². The van der Waals surface area contributed by atoms with Crippen molar-refractivity contribution >= 4 is 5.96 Å². The lowest BCUT2D eigenvalue weighted by Crippen LogP contribution is -2.54. The van der Waals surface area contributed by atoms with Crippen molar-refractivity contribution in [2.24, 2.45) is 10.9 Å². The van der Waals surface area contributed by atoms with Crippen molar-refractivity contribution in [1.82, 2.24) is 15.1 Å². The molecular formula is C24H38N4O. The summed E-state index contributed by atoms with van der Waals surface area (Å²) in [5.74, 6) is 1.84. The predicted octanol–water partition coefficient (Wildman–Crippen LogP) is 3.16. The SMILES string of the molecule is CCNC(=NCC1(N2CCCC2)CCOCC1)N1CCC(Cc2ccccc2)C1. The normalized spacial score (nSPS) is 25.5. The molecule has 0 amide bonds. The topological polar surface area (TPSA) is 40.1 Å². The summed E-state index contributed by atoms with van der Waals surface area (Å²) in [4.78, 5) is 10.4. The van der Waals surface area contributed by atoms with Crippen molar-refractivity contribution in [2.45, 2.75) is 51.0 Å². The summed E-state index contributed by atoms with van der Waals surface area (Å²) >= 11 is 0. The first-order valence-electron chi connectivity index (χ1n) is 11.7. The highest BCUT2D eigenvalue weighted by Crippen LogP contribution is 2.32. The summed E-state index contributed by atoms with van der Waals surface area (Å²) in [6.07, 6.45) is 7.33. The fourth-order valence-electron chi connectivity index (χ4n) is 5.30. The van der Waals surface area contributed by atoms with E-state index in [2.05, 4.69) is 52.4 Å². The number of aliphatic imine (C=N–C) groups is 1. The maximum absolute atomic E-state index is 5.71. The molecule has 1 N–H and O–H groups in total. The van der Waals surface area contributed by atoms with Gasteiger partial charge in [-0.3, -0.25) is 9.89 Å². The van der Waals surface area contributed by atoms with Gasteiger partial charge in [0, 0.05) is 38.4 Å². The van der Waals surface area contributed by atoms with Gasteiger partial charge in [-0.25, -0.2) is 0 Å². The van der Waals surface area contributed by atoms with Crippen LogP contribution in [0.15, 0.2) is 35.3 Å². The fraction of sp³-hybridized carbons (Fsp3) is 0.708. The molecule has 0 spiro atoms. The maximum Gasteiger partial charge on any atom is 0.193 e. The van der Waals surface area contributed by atoms with E-state index in [4.69, 9.17) is 9.73 Å². The van der Waals surface area contributed by atoms with Crippen molar-refractivity contribution in [3.8, 4) is 0 Å². The number of likely N-dealkylation sites (tertiary alicyclic amines) is 2. The van der Waals surface area contributed by atoms with E-state index in [9.17, 15) is 0 Å². The number of nitrogens with one attached hydrogen (secondary N) is 1. The Morgan fingerprint density at radius 3 is 2.62 bits per heavy atom. The second-order valence-corrected chi connectivity index (χ2v) is 8.99. The van der Waals surface area contributed by atoms with Crippen LogP contribution < -0.4 is 5.32 Å². The molecule has 3 aliphatic heterocycles. The summed E-state index contributed by atoms with van der Waals surface area (Å²) in [6.45, 7) is 10.5. The lowest BCUT2D eigenvalue weighted by atomic mass is 9.88. The highest BCUT2D eigenvalue weighted by Gasteiger charge is 2.39. The van der Waals surface area contributed by atoms with Crippen LogP contribution in [-0.2, 0) is 11.2 Å². The molecule has 0 radical (unpaired) electrons. The first-order chi connectivity index (χ1) is 14.3. The zero-order valence-corrected chi connectivity index (χ0v) is 18.1. The highest BCUT2D eigenvalue weighted by atomic mass is 16.5. The Labute approximate surface area is 176 Å². The molecular weight excluding hydrogens is 360 g/mol. The van der Waals surface area contributed by atoms with E-state index in [0.29, 0.717) is 0 Å². The van der Waals surface area contributed by atoms with E-state index in [1.54, 1.807) is 0 Å². The van der Waals surface area contributed by atoms with Gasteiger partial charge in [0.05, 0.1) is 6.54 Å². The fourth-order valence-corrected chi connectivity index (χ4v) is 5.30. The van der Waals surface area contributed by atoms with Gasteiger partial charge in [0.2, 0.25) is 0 Å². The van der Waals surface area contributed by atoms with Crippen molar-refractivity contribution in [3.05, 3.63) is 35.9 Å².